The maximum Gasteiger partial charge on any atom is 0.340 e. The molecular weight excluding hydrogens is 276 g/mol. The Kier molecular flexibility index (Phi) is 4.06. The normalized spacial score (nSPS) is 18.4. The van der Waals surface area contributed by atoms with Gasteiger partial charge in [0.05, 0.1) is 24.9 Å². The zero-order chi connectivity index (χ0) is 15.6. The first-order chi connectivity index (χ1) is 9.99. The van der Waals surface area contributed by atoms with Gasteiger partial charge in [0.25, 0.3) is 0 Å². The van der Waals surface area contributed by atoms with E-state index in [9.17, 15) is 14.4 Å². The molecule has 8 nitrogen and oxygen atoms in total. The fourth-order valence-corrected chi connectivity index (χ4v) is 2.27. The van der Waals surface area contributed by atoms with Gasteiger partial charge in [-0.15, -0.1) is 0 Å². The summed E-state index contributed by atoms with van der Waals surface area (Å²) < 4.78 is 4.64. The summed E-state index contributed by atoms with van der Waals surface area (Å²) in [4.78, 5) is 40.7. The van der Waals surface area contributed by atoms with Crippen molar-refractivity contribution in [2.75, 3.05) is 24.3 Å². The van der Waals surface area contributed by atoms with Crippen LogP contribution in [0.25, 0.3) is 0 Å². The van der Waals surface area contributed by atoms with Gasteiger partial charge in [0.1, 0.15) is 6.04 Å². The first kappa shape index (κ1) is 14.8. The molecule has 1 aliphatic rings. The van der Waals surface area contributed by atoms with E-state index in [0.717, 1.165) is 0 Å². The number of amides is 2. The number of piperazine rings is 1. The van der Waals surface area contributed by atoms with Crippen LogP contribution in [0.3, 0.4) is 0 Å². The number of hydrogen-bond donors (Lipinski definition) is 2. The van der Waals surface area contributed by atoms with Gasteiger partial charge < -0.3 is 15.4 Å². The fourth-order valence-electron chi connectivity index (χ4n) is 2.27. The molecule has 1 saturated heterocycles. The Hall–Kier alpha value is -2.64. The Balaban J connectivity index is 2.46. The molecule has 3 N–H and O–H groups in total. The molecule has 2 heterocycles. The van der Waals surface area contributed by atoms with Crippen LogP contribution >= 0.6 is 0 Å². The van der Waals surface area contributed by atoms with Crippen LogP contribution < -0.4 is 16.0 Å². The third-order valence-corrected chi connectivity index (χ3v) is 3.29. The quantitative estimate of drug-likeness (QED) is 0.580. The molecule has 112 valence electrons. The van der Waals surface area contributed by atoms with Crippen molar-refractivity contribution in [3.63, 3.8) is 0 Å². The SMILES string of the molecule is CCC1C(=O)NC(=O)CN1c1nccc(C(=O)OC)c1N. The summed E-state index contributed by atoms with van der Waals surface area (Å²) in [5.74, 6) is -1.21. The smallest absolute Gasteiger partial charge is 0.340 e. The first-order valence-corrected chi connectivity index (χ1v) is 6.42. The number of rotatable bonds is 3. The van der Waals surface area contributed by atoms with Gasteiger partial charge in [0, 0.05) is 6.20 Å². The Bertz CT molecular complexity index is 602. The van der Waals surface area contributed by atoms with E-state index in [0.29, 0.717) is 6.42 Å². The lowest BCUT2D eigenvalue weighted by Crippen LogP contribution is -2.58. The van der Waals surface area contributed by atoms with E-state index in [-0.39, 0.29) is 23.6 Å². The lowest BCUT2D eigenvalue weighted by atomic mass is 10.1. The van der Waals surface area contributed by atoms with Crippen LogP contribution in [0.2, 0.25) is 0 Å². The van der Waals surface area contributed by atoms with Crippen molar-refractivity contribution in [1.29, 1.82) is 0 Å². The van der Waals surface area contributed by atoms with E-state index in [4.69, 9.17) is 5.73 Å². The summed E-state index contributed by atoms with van der Waals surface area (Å²) in [6.07, 6.45) is 1.87. The number of carbonyl (C=O) groups is 3. The minimum Gasteiger partial charge on any atom is -0.465 e. The Morgan fingerprint density at radius 2 is 2.29 bits per heavy atom. The fraction of sp³-hybridized carbons (Fsp3) is 0.385. The minimum absolute atomic E-state index is 0.0495. The predicted octanol–water partition coefficient (Wildman–Crippen LogP) is -0.308. The highest BCUT2D eigenvalue weighted by molar-refractivity contribution is 6.06. The molecule has 0 aromatic carbocycles. The molecule has 2 rings (SSSR count). The molecule has 0 saturated carbocycles. The zero-order valence-corrected chi connectivity index (χ0v) is 11.8. The Labute approximate surface area is 121 Å². The topological polar surface area (TPSA) is 115 Å². The standard InChI is InChI=1S/C13H16N4O4/c1-3-8-12(19)16-9(18)6-17(8)11-10(14)7(4-5-15-11)13(20)21-2/h4-5,8H,3,6,14H2,1-2H3,(H,16,18,19). The van der Waals surface area contributed by atoms with Gasteiger partial charge >= 0.3 is 5.97 Å². The number of hydrogen-bond acceptors (Lipinski definition) is 7. The van der Waals surface area contributed by atoms with Crippen molar-refractivity contribution in [2.45, 2.75) is 19.4 Å². The number of imide groups is 1. The Morgan fingerprint density at radius 3 is 2.90 bits per heavy atom. The summed E-state index contributed by atoms with van der Waals surface area (Å²) in [6, 6.07) is 0.864. The molecule has 2 amide bonds. The molecule has 1 fully saturated rings. The largest absolute Gasteiger partial charge is 0.465 e. The van der Waals surface area contributed by atoms with Gasteiger partial charge in [-0.1, -0.05) is 6.92 Å². The van der Waals surface area contributed by atoms with Gasteiger partial charge in [-0.3, -0.25) is 14.9 Å². The van der Waals surface area contributed by atoms with Crippen molar-refractivity contribution >= 4 is 29.3 Å². The van der Waals surface area contributed by atoms with Crippen molar-refractivity contribution in [1.82, 2.24) is 10.3 Å². The second-order valence-electron chi connectivity index (χ2n) is 4.55. The van der Waals surface area contributed by atoms with Crippen LogP contribution in [0, 0.1) is 0 Å². The van der Waals surface area contributed by atoms with Crippen molar-refractivity contribution in [2.24, 2.45) is 0 Å². The number of carbonyl (C=O) groups excluding carboxylic acids is 3. The average Bonchev–Trinajstić information content (AvgIpc) is 2.46. The van der Waals surface area contributed by atoms with Crippen LogP contribution in [0.15, 0.2) is 12.3 Å². The average molecular weight is 292 g/mol. The Morgan fingerprint density at radius 1 is 1.57 bits per heavy atom. The van der Waals surface area contributed by atoms with Gasteiger partial charge in [0.2, 0.25) is 11.8 Å². The molecule has 0 aliphatic carbocycles. The van der Waals surface area contributed by atoms with E-state index < -0.39 is 23.8 Å². The predicted molar refractivity (Wildman–Crippen MR) is 74.6 cm³/mol. The summed E-state index contributed by atoms with van der Waals surface area (Å²) in [7, 11) is 1.24. The number of nitrogens with two attached hydrogens (primary N) is 1. The number of nitrogens with one attached hydrogen (secondary N) is 1. The van der Waals surface area contributed by atoms with Crippen LogP contribution in [0.4, 0.5) is 11.5 Å². The lowest BCUT2D eigenvalue weighted by molar-refractivity contribution is -0.132. The molecule has 1 aromatic rings. The van der Waals surface area contributed by atoms with E-state index in [1.807, 2.05) is 6.92 Å². The molecule has 0 radical (unpaired) electrons. The molecule has 1 unspecified atom stereocenters. The molecule has 0 spiro atoms. The van der Waals surface area contributed by atoms with Crippen LogP contribution in [0.5, 0.6) is 0 Å². The van der Waals surface area contributed by atoms with E-state index >= 15 is 0 Å². The highest BCUT2D eigenvalue weighted by Crippen LogP contribution is 2.27. The number of anilines is 2. The van der Waals surface area contributed by atoms with Crippen molar-refractivity contribution in [3.05, 3.63) is 17.8 Å². The number of ether oxygens (including phenoxy) is 1. The van der Waals surface area contributed by atoms with Crippen molar-refractivity contribution < 1.29 is 19.1 Å². The monoisotopic (exact) mass is 292 g/mol. The van der Waals surface area contributed by atoms with E-state index in [2.05, 4.69) is 15.0 Å². The highest BCUT2D eigenvalue weighted by Gasteiger charge is 2.34. The van der Waals surface area contributed by atoms with E-state index in [1.54, 1.807) is 0 Å². The number of nitrogens with zero attached hydrogens (tertiary/aromatic N) is 2. The molecule has 0 bridgehead atoms. The molecular formula is C13H16N4O4. The van der Waals surface area contributed by atoms with Crippen LogP contribution in [-0.2, 0) is 14.3 Å². The van der Waals surface area contributed by atoms with Gasteiger partial charge in [-0.2, -0.15) is 0 Å². The van der Waals surface area contributed by atoms with Gasteiger partial charge in [0.15, 0.2) is 5.82 Å². The van der Waals surface area contributed by atoms with Crippen LogP contribution in [0.1, 0.15) is 23.7 Å². The summed E-state index contributed by atoms with van der Waals surface area (Å²) >= 11 is 0. The second kappa shape index (κ2) is 5.78. The minimum atomic E-state index is -0.600. The number of methoxy groups -OCH3 is 1. The first-order valence-electron chi connectivity index (χ1n) is 6.42. The molecule has 1 atom stereocenters. The highest BCUT2D eigenvalue weighted by atomic mass is 16.5. The number of esters is 1. The number of aromatic nitrogens is 1. The third kappa shape index (κ3) is 2.64. The van der Waals surface area contributed by atoms with Gasteiger partial charge in [-0.05, 0) is 12.5 Å². The molecule has 1 aromatic heterocycles. The lowest BCUT2D eigenvalue weighted by Gasteiger charge is -2.35. The molecule has 1 aliphatic heterocycles. The summed E-state index contributed by atoms with van der Waals surface area (Å²) in [6.45, 7) is 1.76. The zero-order valence-electron chi connectivity index (χ0n) is 11.8. The van der Waals surface area contributed by atoms with Crippen molar-refractivity contribution in [3.8, 4) is 0 Å². The number of nitrogen functional groups attached to an aromatic ring is 1. The maximum absolute atomic E-state index is 11.9. The summed E-state index contributed by atoms with van der Waals surface area (Å²) in [5, 5.41) is 2.27. The van der Waals surface area contributed by atoms with E-state index in [1.165, 1.54) is 24.3 Å². The summed E-state index contributed by atoms with van der Waals surface area (Å²) in [5.41, 5.74) is 6.19. The second-order valence-corrected chi connectivity index (χ2v) is 4.55. The van der Waals surface area contributed by atoms with Gasteiger partial charge in [-0.25, -0.2) is 9.78 Å². The third-order valence-electron chi connectivity index (χ3n) is 3.29. The maximum atomic E-state index is 11.9. The number of pyridine rings is 1. The molecule has 21 heavy (non-hydrogen) atoms. The van der Waals surface area contributed by atoms with Crippen LogP contribution in [-0.4, -0.2) is 42.5 Å². The molecule has 8 heteroatoms.